The molecule has 0 saturated carbocycles. The number of aromatic nitrogens is 1. The summed E-state index contributed by atoms with van der Waals surface area (Å²) >= 11 is 0. The topological polar surface area (TPSA) is 116 Å². The molecule has 126 valence electrons. The van der Waals surface area contributed by atoms with Gasteiger partial charge in [0, 0.05) is 29.6 Å². The minimum absolute atomic E-state index is 0.105. The number of hydrogen-bond acceptors (Lipinski definition) is 6. The number of halogens is 1. The Kier molecular flexibility index (Phi) is 4.42. The minimum atomic E-state index is -0.541. The fourth-order valence-electron chi connectivity index (χ4n) is 2.46. The summed E-state index contributed by atoms with van der Waals surface area (Å²) in [5, 5.41) is 32.2. The zero-order valence-electron chi connectivity index (χ0n) is 13.2. The third-order valence-corrected chi connectivity index (χ3v) is 3.77. The molecule has 0 spiro atoms. The first-order valence-electron chi connectivity index (χ1n) is 7.43. The van der Waals surface area contributed by atoms with E-state index in [1.807, 2.05) is 12.1 Å². The van der Waals surface area contributed by atoms with Gasteiger partial charge < -0.3 is 5.32 Å². The van der Waals surface area contributed by atoms with Crippen molar-refractivity contribution in [2.75, 3.05) is 5.32 Å². The molecule has 0 fully saturated rings. The fourth-order valence-corrected chi connectivity index (χ4v) is 2.46. The lowest BCUT2D eigenvalue weighted by molar-refractivity contribution is -0.384. The Morgan fingerprint density at radius 2 is 1.96 bits per heavy atom. The van der Waals surface area contributed by atoms with Crippen LogP contribution in [0.1, 0.15) is 16.7 Å². The first-order valence-corrected chi connectivity index (χ1v) is 7.43. The average Bonchev–Trinajstić information content (AvgIpc) is 2.65. The molecule has 0 aliphatic heterocycles. The molecule has 1 N–H and O–H groups in total. The molecule has 0 aliphatic rings. The van der Waals surface area contributed by atoms with Crippen LogP contribution in [-0.4, -0.2) is 9.91 Å². The number of nitro groups is 1. The molecule has 7 nitrogen and oxygen atoms in total. The molecule has 1 heterocycles. The number of non-ortho nitro benzene ring substituents is 1. The molecule has 3 rings (SSSR count). The number of benzene rings is 2. The van der Waals surface area contributed by atoms with E-state index >= 15 is 0 Å². The Morgan fingerprint density at radius 3 is 2.62 bits per heavy atom. The largest absolute Gasteiger partial charge is 0.366 e. The molecule has 0 unspecified atom stereocenters. The number of rotatable bonds is 4. The van der Waals surface area contributed by atoms with Crippen molar-refractivity contribution in [1.82, 2.24) is 4.98 Å². The Morgan fingerprint density at radius 1 is 1.15 bits per heavy atom. The minimum Gasteiger partial charge on any atom is -0.366 e. The van der Waals surface area contributed by atoms with Crippen LogP contribution < -0.4 is 5.32 Å². The van der Waals surface area contributed by atoms with Gasteiger partial charge in [-0.15, -0.1) is 0 Å². The summed E-state index contributed by atoms with van der Waals surface area (Å²) in [6.07, 6.45) is 0. The van der Waals surface area contributed by atoms with Gasteiger partial charge in [-0.3, -0.25) is 10.1 Å². The molecule has 2 aromatic carbocycles. The monoisotopic (exact) mass is 347 g/mol. The van der Waals surface area contributed by atoms with E-state index in [1.165, 1.54) is 36.4 Å². The van der Waals surface area contributed by atoms with Crippen molar-refractivity contribution in [2.24, 2.45) is 0 Å². The normalized spacial score (nSPS) is 10.1. The molecule has 8 heteroatoms. The maximum atomic E-state index is 13.9. The van der Waals surface area contributed by atoms with Crippen molar-refractivity contribution in [2.45, 2.75) is 6.54 Å². The fraction of sp³-hybridized carbons (Fsp3) is 0.0556. The maximum absolute atomic E-state index is 13.9. The van der Waals surface area contributed by atoms with Gasteiger partial charge in [-0.1, -0.05) is 6.07 Å². The number of fused-ring (bicyclic) bond motifs is 1. The molecule has 3 aromatic rings. The van der Waals surface area contributed by atoms with Crippen LogP contribution in [0.15, 0.2) is 42.5 Å². The molecule has 0 radical (unpaired) electrons. The second kappa shape index (κ2) is 6.83. The van der Waals surface area contributed by atoms with Crippen molar-refractivity contribution >= 4 is 22.4 Å². The number of hydrogen-bond donors (Lipinski definition) is 1. The number of pyridine rings is 1. The lowest BCUT2D eigenvalue weighted by Gasteiger charge is -2.09. The highest BCUT2D eigenvalue weighted by atomic mass is 19.1. The first-order chi connectivity index (χ1) is 12.5. The highest BCUT2D eigenvalue weighted by Gasteiger charge is 2.12. The van der Waals surface area contributed by atoms with Gasteiger partial charge in [0.2, 0.25) is 0 Å². The van der Waals surface area contributed by atoms with Gasteiger partial charge >= 0.3 is 0 Å². The predicted octanol–water partition coefficient (Wildman–Crippen LogP) is 3.64. The van der Waals surface area contributed by atoms with Crippen LogP contribution in [0, 0.1) is 38.6 Å². The van der Waals surface area contributed by atoms with E-state index in [9.17, 15) is 19.8 Å². The third kappa shape index (κ3) is 3.25. The molecule has 0 saturated heterocycles. The summed E-state index contributed by atoms with van der Waals surface area (Å²) in [6, 6.07) is 13.5. The van der Waals surface area contributed by atoms with Crippen LogP contribution in [0.3, 0.4) is 0 Å². The van der Waals surface area contributed by atoms with Gasteiger partial charge in [-0.2, -0.15) is 10.5 Å². The molecule has 0 atom stereocenters. The summed E-state index contributed by atoms with van der Waals surface area (Å²) in [4.78, 5) is 14.6. The predicted molar refractivity (Wildman–Crippen MR) is 91.6 cm³/mol. The van der Waals surface area contributed by atoms with Crippen LogP contribution >= 0.6 is 0 Å². The Hall–Kier alpha value is -4.04. The number of nitrogens with one attached hydrogen (secondary N) is 1. The lowest BCUT2D eigenvalue weighted by Crippen LogP contribution is -2.04. The maximum Gasteiger partial charge on any atom is 0.270 e. The van der Waals surface area contributed by atoms with Crippen LogP contribution in [-0.2, 0) is 6.54 Å². The highest BCUT2D eigenvalue weighted by Crippen LogP contribution is 2.25. The standard InChI is InChI=1S/C18H10FN5O2/c19-16-5-11(8-20)1-2-12(16)10-22-18-6-13(9-21)15-7-14(24(25)26)3-4-17(15)23-18/h1-7H,10H2,(H,22,23). The zero-order chi connectivity index (χ0) is 18.7. The third-order valence-electron chi connectivity index (χ3n) is 3.77. The Labute approximate surface area is 147 Å². The van der Waals surface area contributed by atoms with Gasteiger partial charge in [-0.25, -0.2) is 9.37 Å². The summed E-state index contributed by atoms with van der Waals surface area (Å²) in [6.45, 7) is 0.105. The number of nitriles is 2. The van der Waals surface area contributed by atoms with E-state index in [0.717, 1.165) is 6.07 Å². The van der Waals surface area contributed by atoms with Crippen LogP contribution in [0.25, 0.3) is 10.9 Å². The lowest BCUT2D eigenvalue weighted by atomic mass is 10.1. The second-order valence-electron chi connectivity index (χ2n) is 5.40. The van der Waals surface area contributed by atoms with E-state index in [2.05, 4.69) is 10.3 Å². The molecule has 1 aromatic heterocycles. The first kappa shape index (κ1) is 16.8. The smallest absolute Gasteiger partial charge is 0.270 e. The average molecular weight is 347 g/mol. The summed E-state index contributed by atoms with van der Waals surface area (Å²) < 4.78 is 13.9. The Balaban J connectivity index is 1.92. The quantitative estimate of drug-likeness (QED) is 0.569. The summed E-state index contributed by atoms with van der Waals surface area (Å²) in [7, 11) is 0. The van der Waals surface area contributed by atoms with E-state index in [4.69, 9.17) is 5.26 Å². The van der Waals surface area contributed by atoms with Crippen LogP contribution in [0.4, 0.5) is 15.9 Å². The van der Waals surface area contributed by atoms with E-state index in [1.54, 1.807) is 0 Å². The number of anilines is 1. The van der Waals surface area contributed by atoms with E-state index in [0.29, 0.717) is 22.3 Å². The molecular weight excluding hydrogens is 337 g/mol. The van der Waals surface area contributed by atoms with Crippen molar-refractivity contribution in [3.05, 3.63) is 75.1 Å². The number of nitrogens with zero attached hydrogens (tertiary/aromatic N) is 4. The SMILES string of the molecule is N#Cc1ccc(CNc2cc(C#N)c3cc([N+](=O)[O-])ccc3n2)c(F)c1. The van der Waals surface area contributed by atoms with Crippen molar-refractivity contribution in [3.8, 4) is 12.1 Å². The Bertz CT molecular complexity index is 1110. The number of nitro benzene ring substituents is 1. The van der Waals surface area contributed by atoms with Crippen LogP contribution in [0.5, 0.6) is 0 Å². The van der Waals surface area contributed by atoms with Gasteiger partial charge in [0.15, 0.2) is 0 Å². The van der Waals surface area contributed by atoms with Gasteiger partial charge in [0.25, 0.3) is 5.69 Å². The van der Waals surface area contributed by atoms with E-state index in [-0.39, 0.29) is 23.4 Å². The highest BCUT2D eigenvalue weighted by molar-refractivity contribution is 5.88. The molecule has 0 amide bonds. The van der Waals surface area contributed by atoms with Crippen molar-refractivity contribution in [3.63, 3.8) is 0 Å². The van der Waals surface area contributed by atoms with Crippen molar-refractivity contribution in [1.29, 1.82) is 10.5 Å². The van der Waals surface area contributed by atoms with E-state index < -0.39 is 10.7 Å². The molecular formula is C18H10FN5O2. The van der Waals surface area contributed by atoms with Gasteiger partial charge in [0.05, 0.1) is 33.7 Å². The second-order valence-corrected chi connectivity index (χ2v) is 5.40. The molecule has 26 heavy (non-hydrogen) atoms. The van der Waals surface area contributed by atoms with Gasteiger partial charge in [0.1, 0.15) is 11.6 Å². The van der Waals surface area contributed by atoms with Gasteiger partial charge in [-0.05, 0) is 24.3 Å². The van der Waals surface area contributed by atoms with Crippen LogP contribution in [0.2, 0.25) is 0 Å². The summed E-state index contributed by atoms with van der Waals surface area (Å²) in [5.74, 6) is -0.180. The zero-order valence-corrected chi connectivity index (χ0v) is 13.2. The molecule has 0 bridgehead atoms. The molecule has 0 aliphatic carbocycles. The summed E-state index contributed by atoms with van der Waals surface area (Å²) in [5.41, 5.74) is 1.08. The van der Waals surface area contributed by atoms with Crippen molar-refractivity contribution < 1.29 is 9.31 Å².